The van der Waals surface area contributed by atoms with Gasteiger partial charge >= 0.3 is 0 Å². The molecule has 10 heteroatoms. The van der Waals surface area contributed by atoms with Gasteiger partial charge in [-0.1, -0.05) is 0 Å². The van der Waals surface area contributed by atoms with Crippen molar-refractivity contribution < 1.29 is 4.42 Å². The van der Waals surface area contributed by atoms with Gasteiger partial charge in [-0.2, -0.15) is 5.26 Å². The third-order valence-corrected chi connectivity index (χ3v) is 4.77. The van der Waals surface area contributed by atoms with Gasteiger partial charge in [-0.3, -0.25) is 0 Å². The van der Waals surface area contributed by atoms with Crippen molar-refractivity contribution in [1.82, 2.24) is 25.1 Å². The first-order chi connectivity index (χ1) is 14.1. The summed E-state index contributed by atoms with van der Waals surface area (Å²) in [5.74, 6) is 2.07. The van der Waals surface area contributed by atoms with Crippen molar-refractivity contribution >= 4 is 17.3 Å². The van der Waals surface area contributed by atoms with Gasteiger partial charge in [0.2, 0.25) is 5.89 Å². The third-order valence-electron chi connectivity index (χ3n) is 4.77. The summed E-state index contributed by atoms with van der Waals surface area (Å²) >= 11 is 0. The van der Waals surface area contributed by atoms with Crippen LogP contribution < -0.4 is 16.4 Å². The molecule has 0 amide bonds. The third kappa shape index (κ3) is 4.47. The number of oxazole rings is 1. The Morgan fingerprint density at radius 1 is 1.07 bits per heavy atom. The SMILES string of the molecule is Cc1cnc(-c2nnc(Nc3cnc(C#N)cn3)cc2NC2CCC(N)CC2)o1. The minimum Gasteiger partial charge on any atom is -0.440 e. The van der Waals surface area contributed by atoms with Gasteiger partial charge in [0, 0.05) is 18.2 Å². The van der Waals surface area contributed by atoms with Crippen molar-refractivity contribution in [2.24, 2.45) is 5.73 Å². The first-order valence-electron chi connectivity index (χ1n) is 9.42. The summed E-state index contributed by atoms with van der Waals surface area (Å²) in [5, 5.41) is 24.0. The van der Waals surface area contributed by atoms with Gasteiger partial charge in [-0.25, -0.2) is 15.0 Å². The van der Waals surface area contributed by atoms with E-state index in [1.807, 2.05) is 19.1 Å². The summed E-state index contributed by atoms with van der Waals surface area (Å²) in [6.07, 6.45) is 8.45. The molecule has 0 unspecified atom stereocenters. The Kier molecular flexibility index (Phi) is 5.31. The Hall–Kier alpha value is -3.58. The number of aryl methyl sites for hydroxylation is 1. The number of aromatic nitrogens is 5. The van der Waals surface area contributed by atoms with Crippen molar-refractivity contribution in [2.45, 2.75) is 44.7 Å². The van der Waals surface area contributed by atoms with Crippen LogP contribution in [0.4, 0.5) is 17.3 Å². The van der Waals surface area contributed by atoms with Crippen LogP contribution in [0.3, 0.4) is 0 Å². The molecule has 0 saturated heterocycles. The molecule has 0 atom stereocenters. The van der Waals surface area contributed by atoms with E-state index in [1.165, 1.54) is 12.4 Å². The molecule has 0 bridgehead atoms. The van der Waals surface area contributed by atoms with E-state index >= 15 is 0 Å². The van der Waals surface area contributed by atoms with Crippen LogP contribution in [0.15, 0.2) is 29.1 Å². The molecule has 3 aromatic heterocycles. The second kappa shape index (κ2) is 8.20. The summed E-state index contributed by atoms with van der Waals surface area (Å²) in [5.41, 5.74) is 7.59. The van der Waals surface area contributed by atoms with Crippen molar-refractivity contribution in [1.29, 1.82) is 5.26 Å². The van der Waals surface area contributed by atoms with Crippen LogP contribution in [-0.4, -0.2) is 37.2 Å². The van der Waals surface area contributed by atoms with Crippen LogP contribution in [0, 0.1) is 18.3 Å². The van der Waals surface area contributed by atoms with E-state index in [0.717, 1.165) is 31.4 Å². The molecule has 1 aliphatic rings. The predicted octanol–water partition coefficient (Wildman–Crippen LogP) is 2.53. The predicted molar refractivity (Wildman–Crippen MR) is 106 cm³/mol. The lowest BCUT2D eigenvalue weighted by Crippen LogP contribution is -2.33. The van der Waals surface area contributed by atoms with Crippen LogP contribution in [0.25, 0.3) is 11.6 Å². The molecule has 148 valence electrons. The molecule has 10 nitrogen and oxygen atoms in total. The van der Waals surface area contributed by atoms with E-state index < -0.39 is 0 Å². The van der Waals surface area contributed by atoms with Gasteiger partial charge in [0.25, 0.3) is 0 Å². The number of nitrogens with zero attached hydrogens (tertiary/aromatic N) is 6. The Morgan fingerprint density at radius 3 is 2.55 bits per heavy atom. The molecule has 3 heterocycles. The highest BCUT2D eigenvalue weighted by Crippen LogP contribution is 2.30. The Balaban J connectivity index is 1.61. The fourth-order valence-corrected chi connectivity index (χ4v) is 3.25. The van der Waals surface area contributed by atoms with Crippen LogP contribution in [-0.2, 0) is 0 Å². The summed E-state index contributed by atoms with van der Waals surface area (Å²) in [7, 11) is 0. The molecule has 0 aromatic carbocycles. The number of rotatable bonds is 5. The molecule has 1 saturated carbocycles. The molecule has 0 aliphatic heterocycles. The molecule has 1 fully saturated rings. The lowest BCUT2D eigenvalue weighted by Gasteiger charge is -2.28. The van der Waals surface area contributed by atoms with E-state index in [2.05, 4.69) is 35.8 Å². The van der Waals surface area contributed by atoms with Gasteiger partial charge in [0.1, 0.15) is 17.6 Å². The number of anilines is 3. The topological polar surface area (TPSA) is 151 Å². The average Bonchev–Trinajstić information content (AvgIpc) is 3.16. The van der Waals surface area contributed by atoms with E-state index in [4.69, 9.17) is 15.4 Å². The monoisotopic (exact) mass is 391 g/mol. The molecular formula is C19H21N9O. The maximum absolute atomic E-state index is 8.84. The number of nitriles is 1. The molecule has 1 aliphatic carbocycles. The zero-order chi connectivity index (χ0) is 20.2. The summed E-state index contributed by atoms with van der Waals surface area (Å²) in [6.45, 7) is 1.83. The summed E-state index contributed by atoms with van der Waals surface area (Å²) < 4.78 is 5.65. The number of hydrogen-bond donors (Lipinski definition) is 3. The molecule has 4 rings (SSSR count). The van der Waals surface area contributed by atoms with Gasteiger partial charge in [0.15, 0.2) is 17.2 Å². The van der Waals surface area contributed by atoms with Crippen LogP contribution >= 0.6 is 0 Å². The standard InChI is InChI=1S/C19H21N9O/c1-11-8-24-19(29-11)18-15(25-13-4-2-12(21)3-5-13)6-16(27-28-18)26-17-10-22-14(7-20)9-23-17/h6,8-10,12-13H,2-5,21H2,1H3,(H2,23,25,26,27). The van der Waals surface area contributed by atoms with Crippen molar-refractivity contribution in [3.05, 3.63) is 36.1 Å². The smallest absolute Gasteiger partial charge is 0.249 e. The van der Waals surface area contributed by atoms with Gasteiger partial charge in [0.05, 0.1) is 24.3 Å². The maximum Gasteiger partial charge on any atom is 0.249 e. The van der Waals surface area contributed by atoms with Crippen LogP contribution in [0.2, 0.25) is 0 Å². The molecule has 3 aromatic rings. The van der Waals surface area contributed by atoms with Crippen LogP contribution in [0.5, 0.6) is 0 Å². The number of nitrogens with two attached hydrogens (primary N) is 1. The zero-order valence-electron chi connectivity index (χ0n) is 16.0. The van der Waals surface area contributed by atoms with Crippen molar-refractivity contribution in [3.8, 4) is 17.7 Å². The maximum atomic E-state index is 8.84. The minimum absolute atomic E-state index is 0.245. The summed E-state index contributed by atoms with van der Waals surface area (Å²) in [6, 6.07) is 4.34. The minimum atomic E-state index is 0.245. The quantitative estimate of drug-likeness (QED) is 0.591. The number of nitrogens with one attached hydrogen (secondary N) is 2. The molecule has 0 radical (unpaired) electrons. The molecule has 4 N–H and O–H groups in total. The fourth-order valence-electron chi connectivity index (χ4n) is 3.25. The summed E-state index contributed by atoms with van der Waals surface area (Å²) in [4.78, 5) is 12.4. The van der Waals surface area contributed by atoms with Crippen molar-refractivity contribution in [2.75, 3.05) is 10.6 Å². The largest absolute Gasteiger partial charge is 0.440 e. The molecular weight excluding hydrogens is 370 g/mol. The highest BCUT2D eigenvalue weighted by molar-refractivity contribution is 5.72. The fraction of sp³-hybridized carbons (Fsp3) is 0.368. The second-order valence-electron chi connectivity index (χ2n) is 7.05. The van der Waals surface area contributed by atoms with Gasteiger partial charge in [-0.05, 0) is 32.6 Å². The molecule has 0 spiro atoms. The zero-order valence-corrected chi connectivity index (χ0v) is 16.0. The van der Waals surface area contributed by atoms with Crippen molar-refractivity contribution in [3.63, 3.8) is 0 Å². The Labute approximate surface area is 167 Å². The van der Waals surface area contributed by atoms with E-state index in [9.17, 15) is 0 Å². The normalized spacial score (nSPS) is 18.8. The van der Waals surface area contributed by atoms with Gasteiger partial charge < -0.3 is 20.8 Å². The van der Waals surface area contributed by atoms with Crippen LogP contribution in [0.1, 0.15) is 37.1 Å². The highest BCUT2D eigenvalue weighted by Gasteiger charge is 2.22. The van der Waals surface area contributed by atoms with E-state index in [1.54, 1.807) is 6.20 Å². The number of hydrogen-bond acceptors (Lipinski definition) is 10. The Bertz CT molecular complexity index is 1020. The molecule has 29 heavy (non-hydrogen) atoms. The lowest BCUT2D eigenvalue weighted by molar-refractivity contribution is 0.411. The van der Waals surface area contributed by atoms with E-state index in [-0.39, 0.29) is 17.8 Å². The lowest BCUT2D eigenvalue weighted by atomic mass is 9.91. The van der Waals surface area contributed by atoms with Gasteiger partial charge in [-0.15, -0.1) is 10.2 Å². The highest BCUT2D eigenvalue weighted by atomic mass is 16.4. The first kappa shape index (κ1) is 18.8. The van der Waals surface area contributed by atoms with E-state index in [0.29, 0.717) is 29.0 Å². The second-order valence-corrected chi connectivity index (χ2v) is 7.05. The Morgan fingerprint density at radius 2 is 1.90 bits per heavy atom. The first-order valence-corrected chi connectivity index (χ1v) is 9.42. The average molecular weight is 391 g/mol.